The Morgan fingerprint density at radius 2 is 2.31 bits per heavy atom. The second kappa shape index (κ2) is 4.00. The number of aromatic nitrogens is 1. The first kappa shape index (κ1) is 10.4. The molecule has 0 aromatic carbocycles. The first-order valence-corrected chi connectivity index (χ1v) is 4.14. The van der Waals surface area contributed by atoms with Crippen LogP contribution in [0.15, 0.2) is 12.3 Å². The summed E-state index contributed by atoms with van der Waals surface area (Å²) in [6.07, 6.45) is 0.160. The highest BCUT2D eigenvalue weighted by molar-refractivity contribution is 6.29. The molecule has 1 rings (SSSR count). The third kappa shape index (κ3) is 2.37. The SMILES string of the molecule is C[C@@H](O)[C@H](N)c1cc(Cl)ncc1F. The van der Waals surface area contributed by atoms with Crippen molar-refractivity contribution in [3.05, 3.63) is 28.8 Å². The minimum Gasteiger partial charge on any atom is -0.391 e. The molecule has 2 atom stereocenters. The van der Waals surface area contributed by atoms with Crippen LogP contribution < -0.4 is 5.73 Å². The molecule has 1 aromatic rings. The topological polar surface area (TPSA) is 59.1 Å². The van der Waals surface area contributed by atoms with Gasteiger partial charge in [0.05, 0.1) is 18.3 Å². The molecule has 0 spiro atoms. The van der Waals surface area contributed by atoms with Crippen molar-refractivity contribution in [3.8, 4) is 0 Å². The molecule has 0 bridgehead atoms. The maximum absolute atomic E-state index is 13.1. The summed E-state index contributed by atoms with van der Waals surface area (Å²) in [5.74, 6) is -0.558. The summed E-state index contributed by atoms with van der Waals surface area (Å²) in [6, 6.07) is 0.536. The predicted octanol–water partition coefficient (Wildman–Crippen LogP) is 1.25. The third-order valence-corrected chi connectivity index (χ3v) is 1.94. The molecule has 0 aliphatic rings. The maximum atomic E-state index is 13.1. The van der Waals surface area contributed by atoms with E-state index in [4.69, 9.17) is 22.4 Å². The Morgan fingerprint density at radius 1 is 1.69 bits per heavy atom. The van der Waals surface area contributed by atoms with E-state index in [1.807, 2.05) is 0 Å². The minimum absolute atomic E-state index is 0.160. The Hall–Kier alpha value is -0.710. The Balaban J connectivity index is 3.05. The van der Waals surface area contributed by atoms with E-state index < -0.39 is 18.0 Å². The molecular formula is C8H10ClFN2O. The predicted molar refractivity (Wildman–Crippen MR) is 47.8 cm³/mol. The second-order valence-electron chi connectivity index (χ2n) is 2.79. The Kier molecular flexibility index (Phi) is 3.19. The summed E-state index contributed by atoms with van der Waals surface area (Å²) in [5, 5.41) is 9.29. The standard InChI is InChI=1S/C8H10ClFN2O/c1-4(13)8(11)5-2-7(9)12-3-6(5)10/h2-4,8,13H,11H2,1H3/t4-,8+/m1/s1. The fraction of sp³-hybridized carbons (Fsp3) is 0.375. The van der Waals surface area contributed by atoms with E-state index in [0.29, 0.717) is 0 Å². The Labute approximate surface area is 80.3 Å². The fourth-order valence-corrected chi connectivity index (χ4v) is 1.11. The molecule has 3 N–H and O–H groups in total. The Morgan fingerprint density at radius 3 is 2.85 bits per heavy atom. The van der Waals surface area contributed by atoms with E-state index >= 15 is 0 Å². The molecule has 3 nitrogen and oxygen atoms in total. The maximum Gasteiger partial charge on any atom is 0.146 e. The van der Waals surface area contributed by atoms with E-state index in [1.165, 1.54) is 13.0 Å². The van der Waals surface area contributed by atoms with Crippen LogP contribution in [-0.4, -0.2) is 16.2 Å². The van der Waals surface area contributed by atoms with Crippen LogP contribution in [0.5, 0.6) is 0 Å². The van der Waals surface area contributed by atoms with Gasteiger partial charge in [0.25, 0.3) is 0 Å². The van der Waals surface area contributed by atoms with Gasteiger partial charge in [0.15, 0.2) is 0 Å². The van der Waals surface area contributed by atoms with Crippen molar-refractivity contribution in [3.63, 3.8) is 0 Å². The van der Waals surface area contributed by atoms with Crippen molar-refractivity contribution in [1.82, 2.24) is 4.98 Å². The molecule has 0 saturated heterocycles. The average Bonchev–Trinajstić information content (AvgIpc) is 2.08. The first-order chi connectivity index (χ1) is 6.02. The van der Waals surface area contributed by atoms with Crippen LogP contribution >= 0.6 is 11.6 Å². The largest absolute Gasteiger partial charge is 0.391 e. The van der Waals surface area contributed by atoms with Gasteiger partial charge in [-0.3, -0.25) is 0 Å². The van der Waals surface area contributed by atoms with Crippen molar-refractivity contribution >= 4 is 11.6 Å². The van der Waals surface area contributed by atoms with Gasteiger partial charge in [0, 0.05) is 5.56 Å². The molecule has 0 saturated carbocycles. The molecule has 0 fully saturated rings. The summed E-state index contributed by atoms with van der Waals surface area (Å²) in [5.41, 5.74) is 5.71. The number of aliphatic hydroxyl groups is 1. The molecule has 0 amide bonds. The van der Waals surface area contributed by atoms with Crippen LogP contribution in [-0.2, 0) is 0 Å². The molecule has 1 aromatic heterocycles. The second-order valence-corrected chi connectivity index (χ2v) is 3.18. The quantitative estimate of drug-likeness (QED) is 0.713. The van der Waals surface area contributed by atoms with Crippen molar-refractivity contribution in [1.29, 1.82) is 0 Å². The molecular weight excluding hydrogens is 195 g/mol. The van der Waals surface area contributed by atoms with Crippen molar-refractivity contribution in [2.24, 2.45) is 5.73 Å². The monoisotopic (exact) mass is 204 g/mol. The van der Waals surface area contributed by atoms with Gasteiger partial charge < -0.3 is 10.8 Å². The van der Waals surface area contributed by atoms with E-state index in [-0.39, 0.29) is 10.7 Å². The average molecular weight is 205 g/mol. The molecule has 72 valence electrons. The summed E-state index contributed by atoms with van der Waals surface area (Å²) >= 11 is 5.55. The zero-order valence-corrected chi connectivity index (χ0v) is 7.79. The van der Waals surface area contributed by atoms with E-state index in [2.05, 4.69) is 4.98 Å². The van der Waals surface area contributed by atoms with Crippen LogP contribution in [0.2, 0.25) is 5.15 Å². The number of rotatable bonds is 2. The molecule has 0 unspecified atom stereocenters. The molecule has 5 heteroatoms. The number of halogens is 2. The minimum atomic E-state index is -0.826. The lowest BCUT2D eigenvalue weighted by atomic mass is 10.0. The molecule has 13 heavy (non-hydrogen) atoms. The van der Waals surface area contributed by atoms with Gasteiger partial charge in [-0.2, -0.15) is 0 Å². The van der Waals surface area contributed by atoms with Crippen LogP contribution in [0.1, 0.15) is 18.5 Å². The fourth-order valence-electron chi connectivity index (χ4n) is 0.943. The lowest BCUT2D eigenvalue weighted by molar-refractivity contribution is 0.162. The molecule has 0 aliphatic carbocycles. The highest BCUT2D eigenvalue weighted by Gasteiger charge is 2.16. The van der Waals surface area contributed by atoms with E-state index in [0.717, 1.165) is 6.20 Å². The normalized spacial score (nSPS) is 15.5. The zero-order chi connectivity index (χ0) is 10.0. The van der Waals surface area contributed by atoms with Crippen molar-refractivity contribution in [2.45, 2.75) is 19.1 Å². The summed E-state index contributed by atoms with van der Waals surface area (Å²) < 4.78 is 13.1. The van der Waals surface area contributed by atoms with Gasteiger partial charge in [-0.25, -0.2) is 9.37 Å². The van der Waals surface area contributed by atoms with Crippen molar-refractivity contribution < 1.29 is 9.50 Å². The van der Waals surface area contributed by atoms with Gasteiger partial charge in [-0.15, -0.1) is 0 Å². The summed E-state index contributed by atoms with van der Waals surface area (Å²) in [7, 11) is 0. The molecule has 1 heterocycles. The first-order valence-electron chi connectivity index (χ1n) is 3.77. The molecule has 0 aliphatic heterocycles. The van der Waals surface area contributed by atoms with Gasteiger partial charge in [0.1, 0.15) is 11.0 Å². The summed E-state index contributed by atoms with van der Waals surface area (Å²) in [6.45, 7) is 1.48. The van der Waals surface area contributed by atoms with Crippen LogP contribution in [0.3, 0.4) is 0 Å². The number of hydrogen-bond donors (Lipinski definition) is 2. The number of hydrogen-bond acceptors (Lipinski definition) is 3. The smallest absolute Gasteiger partial charge is 0.146 e. The van der Waals surface area contributed by atoms with Gasteiger partial charge in [-0.1, -0.05) is 11.6 Å². The number of aliphatic hydroxyl groups excluding tert-OH is 1. The third-order valence-electron chi connectivity index (χ3n) is 1.73. The lowest BCUT2D eigenvalue weighted by Crippen LogP contribution is -2.24. The van der Waals surface area contributed by atoms with Crippen LogP contribution in [0.4, 0.5) is 4.39 Å². The molecule has 0 radical (unpaired) electrons. The number of pyridine rings is 1. The Bertz CT molecular complexity index is 306. The van der Waals surface area contributed by atoms with Crippen LogP contribution in [0, 0.1) is 5.82 Å². The van der Waals surface area contributed by atoms with Crippen LogP contribution in [0.25, 0.3) is 0 Å². The lowest BCUT2D eigenvalue weighted by Gasteiger charge is -2.15. The van der Waals surface area contributed by atoms with Gasteiger partial charge >= 0.3 is 0 Å². The highest BCUT2D eigenvalue weighted by Crippen LogP contribution is 2.19. The highest BCUT2D eigenvalue weighted by atomic mass is 35.5. The zero-order valence-electron chi connectivity index (χ0n) is 7.04. The van der Waals surface area contributed by atoms with Gasteiger partial charge in [0.2, 0.25) is 0 Å². The number of nitrogens with two attached hydrogens (primary N) is 1. The van der Waals surface area contributed by atoms with E-state index in [1.54, 1.807) is 0 Å². The summed E-state index contributed by atoms with van der Waals surface area (Å²) in [4.78, 5) is 3.53. The van der Waals surface area contributed by atoms with E-state index in [9.17, 15) is 4.39 Å². The number of nitrogens with zero attached hydrogens (tertiary/aromatic N) is 1. The van der Waals surface area contributed by atoms with Gasteiger partial charge in [-0.05, 0) is 13.0 Å². The van der Waals surface area contributed by atoms with Crippen molar-refractivity contribution in [2.75, 3.05) is 0 Å².